The van der Waals surface area contributed by atoms with Gasteiger partial charge in [0.2, 0.25) is 11.8 Å². The predicted octanol–water partition coefficient (Wildman–Crippen LogP) is 2.51. The zero-order valence-electron chi connectivity index (χ0n) is 14.5. The van der Waals surface area contributed by atoms with Crippen molar-refractivity contribution >= 4 is 11.8 Å². The summed E-state index contributed by atoms with van der Waals surface area (Å²) in [6.45, 7) is 4.33. The first-order valence-electron chi connectivity index (χ1n) is 8.33. The van der Waals surface area contributed by atoms with E-state index >= 15 is 0 Å². The van der Waals surface area contributed by atoms with E-state index in [1.165, 1.54) is 0 Å². The number of ether oxygens (including phenoxy) is 1. The van der Waals surface area contributed by atoms with Crippen LogP contribution in [0.25, 0.3) is 0 Å². The molecule has 1 aromatic heterocycles. The molecular formula is C19H24N2O4. The van der Waals surface area contributed by atoms with Crippen LogP contribution >= 0.6 is 0 Å². The van der Waals surface area contributed by atoms with Crippen LogP contribution in [0.15, 0.2) is 53.1 Å². The van der Waals surface area contributed by atoms with Gasteiger partial charge in [-0.05, 0) is 30.2 Å². The van der Waals surface area contributed by atoms with E-state index in [9.17, 15) is 9.59 Å². The van der Waals surface area contributed by atoms with Gasteiger partial charge in [0.25, 0.3) is 0 Å². The Labute approximate surface area is 147 Å². The molecule has 25 heavy (non-hydrogen) atoms. The van der Waals surface area contributed by atoms with Crippen molar-refractivity contribution in [3.63, 3.8) is 0 Å². The number of benzene rings is 1. The number of carbonyl (C=O) groups is 2. The summed E-state index contributed by atoms with van der Waals surface area (Å²) in [6, 6.07) is 12.2. The van der Waals surface area contributed by atoms with Gasteiger partial charge in [-0.2, -0.15) is 0 Å². The topological polar surface area (TPSA) is 80.6 Å². The number of furan rings is 1. The maximum Gasteiger partial charge on any atom is 0.243 e. The highest BCUT2D eigenvalue weighted by molar-refractivity contribution is 5.87. The van der Waals surface area contributed by atoms with Crippen LogP contribution in [-0.4, -0.2) is 24.5 Å². The van der Waals surface area contributed by atoms with Crippen LogP contribution in [-0.2, 0) is 16.1 Å². The van der Waals surface area contributed by atoms with E-state index in [1.807, 2.05) is 44.2 Å². The second-order valence-electron chi connectivity index (χ2n) is 6.00. The third-order valence-electron chi connectivity index (χ3n) is 3.62. The molecule has 0 unspecified atom stereocenters. The van der Waals surface area contributed by atoms with Gasteiger partial charge < -0.3 is 19.8 Å². The Morgan fingerprint density at radius 3 is 2.52 bits per heavy atom. The zero-order chi connectivity index (χ0) is 18.1. The monoisotopic (exact) mass is 344 g/mol. The van der Waals surface area contributed by atoms with Crippen LogP contribution in [0.1, 0.15) is 26.0 Å². The first kappa shape index (κ1) is 18.6. The Hall–Kier alpha value is -2.76. The van der Waals surface area contributed by atoms with E-state index in [4.69, 9.17) is 9.15 Å². The molecule has 2 N–H and O–H groups in total. The van der Waals surface area contributed by atoms with E-state index in [-0.39, 0.29) is 30.8 Å². The molecule has 134 valence electrons. The molecule has 0 fully saturated rings. The Bertz CT molecular complexity index is 653. The van der Waals surface area contributed by atoms with Crippen molar-refractivity contribution in [2.45, 2.75) is 32.9 Å². The molecule has 1 atom stereocenters. The summed E-state index contributed by atoms with van der Waals surface area (Å²) >= 11 is 0. The molecule has 1 aromatic carbocycles. The Morgan fingerprint density at radius 2 is 1.88 bits per heavy atom. The van der Waals surface area contributed by atoms with Crippen molar-refractivity contribution < 1.29 is 18.7 Å². The molecule has 6 nitrogen and oxygen atoms in total. The van der Waals surface area contributed by atoms with Crippen LogP contribution < -0.4 is 15.4 Å². The molecule has 0 aliphatic rings. The summed E-state index contributed by atoms with van der Waals surface area (Å²) in [7, 11) is 0. The first-order chi connectivity index (χ1) is 12.1. The quantitative estimate of drug-likeness (QED) is 0.732. The van der Waals surface area contributed by atoms with Gasteiger partial charge >= 0.3 is 0 Å². The minimum absolute atomic E-state index is 0.0319. The molecule has 0 bridgehead atoms. The molecule has 2 aromatic rings. The van der Waals surface area contributed by atoms with E-state index in [0.29, 0.717) is 18.1 Å². The summed E-state index contributed by atoms with van der Waals surface area (Å²) in [5.74, 6) is 0.896. The zero-order valence-corrected chi connectivity index (χ0v) is 14.5. The number of hydrogen-bond acceptors (Lipinski definition) is 4. The molecule has 1 heterocycles. The van der Waals surface area contributed by atoms with Gasteiger partial charge in [0.15, 0.2) is 0 Å². The summed E-state index contributed by atoms with van der Waals surface area (Å²) in [6.07, 6.45) is 1.74. The standard InChI is InChI=1S/C19H24N2O4/c1-14(2)18(19(23)20-13-16-9-6-11-24-16)21-17(22)10-12-25-15-7-4-3-5-8-15/h3-9,11,14,18H,10,12-13H2,1-2H3,(H,20,23)(H,21,22)/t18-/m1/s1. The fraction of sp³-hybridized carbons (Fsp3) is 0.368. The Balaban J connectivity index is 1.77. The van der Waals surface area contributed by atoms with Crippen molar-refractivity contribution in [3.8, 4) is 5.75 Å². The lowest BCUT2D eigenvalue weighted by molar-refractivity contribution is -0.130. The molecule has 0 aliphatic carbocycles. The number of carbonyl (C=O) groups excluding carboxylic acids is 2. The Morgan fingerprint density at radius 1 is 1.12 bits per heavy atom. The van der Waals surface area contributed by atoms with Crippen molar-refractivity contribution in [3.05, 3.63) is 54.5 Å². The minimum Gasteiger partial charge on any atom is -0.493 e. The second-order valence-corrected chi connectivity index (χ2v) is 6.00. The normalized spacial score (nSPS) is 11.8. The highest BCUT2D eigenvalue weighted by Gasteiger charge is 2.24. The summed E-state index contributed by atoms with van der Waals surface area (Å²) in [5.41, 5.74) is 0. The lowest BCUT2D eigenvalue weighted by Crippen LogP contribution is -2.49. The number of amides is 2. The van der Waals surface area contributed by atoms with Crippen molar-refractivity contribution in [2.75, 3.05) is 6.61 Å². The third-order valence-corrected chi connectivity index (χ3v) is 3.62. The maximum atomic E-state index is 12.3. The fourth-order valence-electron chi connectivity index (χ4n) is 2.26. The van der Waals surface area contributed by atoms with Gasteiger partial charge in [0.05, 0.1) is 25.8 Å². The van der Waals surface area contributed by atoms with Crippen LogP contribution in [0, 0.1) is 5.92 Å². The van der Waals surface area contributed by atoms with E-state index in [1.54, 1.807) is 18.4 Å². The highest BCUT2D eigenvalue weighted by atomic mass is 16.5. The lowest BCUT2D eigenvalue weighted by atomic mass is 10.0. The average Bonchev–Trinajstić information content (AvgIpc) is 3.12. The van der Waals surface area contributed by atoms with Crippen LogP contribution in [0.4, 0.5) is 0 Å². The fourth-order valence-corrected chi connectivity index (χ4v) is 2.26. The van der Waals surface area contributed by atoms with Crippen molar-refractivity contribution in [1.29, 1.82) is 0 Å². The second kappa shape index (κ2) is 9.52. The number of hydrogen-bond donors (Lipinski definition) is 2. The summed E-state index contributed by atoms with van der Waals surface area (Å²) < 4.78 is 10.7. The SMILES string of the molecule is CC(C)[C@@H](NC(=O)CCOc1ccccc1)C(=O)NCc1ccco1. The van der Waals surface area contributed by atoms with Crippen LogP contribution in [0.2, 0.25) is 0 Å². The molecule has 0 saturated carbocycles. The molecule has 0 saturated heterocycles. The van der Waals surface area contributed by atoms with Gasteiger partial charge in [0, 0.05) is 0 Å². The smallest absolute Gasteiger partial charge is 0.243 e. The first-order valence-corrected chi connectivity index (χ1v) is 8.33. The van der Waals surface area contributed by atoms with Crippen molar-refractivity contribution in [1.82, 2.24) is 10.6 Å². The molecule has 2 rings (SSSR count). The maximum absolute atomic E-state index is 12.3. The molecular weight excluding hydrogens is 320 g/mol. The summed E-state index contributed by atoms with van der Waals surface area (Å²) in [5, 5.41) is 5.55. The van der Waals surface area contributed by atoms with Gasteiger partial charge in [-0.1, -0.05) is 32.0 Å². The van der Waals surface area contributed by atoms with Gasteiger partial charge in [0.1, 0.15) is 17.6 Å². The van der Waals surface area contributed by atoms with E-state index < -0.39 is 6.04 Å². The van der Waals surface area contributed by atoms with E-state index in [0.717, 1.165) is 0 Å². The average molecular weight is 344 g/mol. The summed E-state index contributed by atoms with van der Waals surface area (Å²) in [4.78, 5) is 24.4. The van der Waals surface area contributed by atoms with Crippen molar-refractivity contribution in [2.24, 2.45) is 5.92 Å². The third kappa shape index (κ3) is 6.33. The molecule has 2 amide bonds. The largest absolute Gasteiger partial charge is 0.493 e. The molecule has 6 heteroatoms. The van der Waals surface area contributed by atoms with Gasteiger partial charge in [-0.3, -0.25) is 9.59 Å². The van der Waals surface area contributed by atoms with Gasteiger partial charge in [-0.25, -0.2) is 0 Å². The van der Waals surface area contributed by atoms with Crippen LogP contribution in [0.3, 0.4) is 0 Å². The Kier molecular flexibility index (Phi) is 7.07. The molecule has 0 spiro atoms. The minimum atomic E-state index is -0.598. The van der Waals surface area contributed by atoms with Gasteiger partial charge in [-0.15, -0.1) is 0 Å². The number of para-hydroxylation sites is 1. The lowest BCUT2D eigenvalue weighted by Gasteiger charge is -2.21. The highest BCUT2D eigenvalue weighted by Crippen LogP contribution is 2.09. The van der Waals surface area contributed by atoms with E-state index in [2.05, 4.69) is 10.6 Å². The number of rotatable bonds is 9. The molecule has 0 aliphatic heterocycles. The van der Waals surface area contributed by atoms with Crippen LogP contribution in [0.5, 0.6) is 5.75 Å². The number of nitrogens with one attached hydrogen (secondary N) is 2. The molecule has 0 radical (unpaired) electrons. The predicted molar refractivity (Wildman–Crippen MR) is 93.9 cm³/mol.